The van der Waals surface area contributed by atoms with Crippen LogP contribution in [0, 0.1) is 10.1 Å². The molecule has 104 valence electrons. The Bertz CT molecular complexity index is 500. The van der Waals surface area contributed by atoms with E-state index < -0.39 is 11.0 Å². The van der Waals surface area contributed by atoms with E-state index in [9.17, 15) is 20.0 Å². The molecule has 0 aliphatic carbocycles. The number of hydrogen-bond donors (Lipinski definition) is 2. The minimum atomic E-state index is -0.732. The van der Waals surface area contributed by atoms with Crippen molar-refractivity contribution in [1.29, 1.82) is 0 Å². The van der Waals surface area contributed by atoms with Gasteiger partial charge in [-0.15, -0.1) is 11.3 Å². The lowest BCUT2D eigenvalue weighted by molar-refractivity contribution is -0.383. The van der Waals surface area contributed by atoms with Gasteiger partial charge in [-0.1, -0.05) is 0 Å². The number of carbonyl (C=O) groups is 1. The molecule has 8 heteroatoms. The van der Waals surface area contributed by atoms with Crippen molar-refractivity contribution in [2.45, 2.75) is 19.4 Å². The Morgan fingerprint density at radius 1 is 1.58 bits per heavy atom. The van der Waals surface area contributed by atoms with Crippen molar-refractivity contribution in [2.75, 3.05) is 24.5 Å². The number of anilines is 1. The van der Waals surface area contributed by atoms with E-state index in [1.165, 1.54) is 17.4 Å². The van der Waals surface area contributed by atoms with Crippen molar-refractivity contribution < 1.29 is 14.8 Å². The standard InChI is InChI=1S/C11H15N3O4S/c1-7(15)9-6-8(14(17)18)11(19-9)13-4-2-10(16)12-3-5-13/h6-7,15H,2-5H2,1H3,(H,12,16)/t7-/m0/s1. The molecular weight excluding hydrogens is 270 g/mol. The number of amides is 1. The second-order valence-electron chi connectivity index (χ2n) is 4.36. The minimum absolute atomic E-state index is 0.00440. The molecule has 1 saturated heterocycles. The van der Waals surface area contributed by atoms with Crippen LogP contribution in [0.5, 0.6) is 0 Å². The molecule has 1 aromatic heterocycles. The molecule has 0 spiro atoms. The van der Waals surface area contributed by atoms with E-state index in [0.717, 1.165) is 0 Å². The quantitative estimate of drug-likeness (QED) is 0.639. The van der Waals surface area contributed by atoms with Gasteiger partial charge in [0.15, 0.2) is 5.00 Å². The van der Waals surface area contributed by atoms with Crippen molar-refractivity contribution >= 4 is 27.9 Å². The Kier molecular flexibility index (Phi) is 4.01. The molecule has 1 atom stereocenters. The lowest BCUT2D eigenvalue weighted by Gasteiger charge is -2.18. The fourth-order valence-corrected chi connectivity index (χ4v) is 3.04. The summed E-state index contributed by atoms with van der Waals surface area (Å²) in [6.07, 6.45) is -0.414. The molecule has 0 saturated carbocycles. The largest absolute Gasteiger partial charge is 0.388 e. The summed E-state index contributed by atoms with van der Waals surface area (Å²) in [5.41, 5.74) is -0.00440. The van der Waals surface area contributed by atoms with Gasteiger partial charge in [0.25, 0.3) is 0 Å². The lowest BCUT2D eigenvalue weighted by Crippen LogP contribution is -2.28. The third-order valence-electron chi connectivity index (χ3n) is 2.92. The molecule has 2 N–H and O–H groups in total. The van der Waals surface area contributed by atoms with Gasteiger partial charge in [-0.05, 0) is 6.92 Å². The van der Waals surface area contributed by atoms with Gasteiger partial charge < -0.3 is 15.3 Å². The van der Waals surface area contributed by atoms with E-state index in [1.54, 1.807) is 6.92 Å². The zero-order chi connectivity index (χ0) is 14.0. The third kappa shape index (κ3) is 3.02. The maximum absolute atomic E-state index is 11.3. The Morgan fingerprint density at radius 3 is 2.95 bits per heavy atom. The summed E-state index contributed by atoms with van der Waals surface area (Å²) in [5, 5.41) is 23.9. The van der Waals surface area contributed by atoms with E-state index in [1.807, 2.05) is 4.90 Å². The molecule has 0 unspecified atom stereocenters. The van der Waals surface area contributed by atoms with Gasteiger partial charge in [-0.2, -0.15) is 0 Å². The van der Waals surface area contributed by atoms with Gasteiger partial charge in [0.05, 0.1) is 11.0 Å². The summed E-state index contributed by atoms with van der Waals surface area (Å²) >= 11 is 1.21. The molecular formula is C11H15N3O4S. The van der Waals surface area contributed by atoms with Gasteiger partial charge in [-0.25, -0.2) is 0 Å². The molecule has 1 aliphatic rings. The second kappa shape index (κ2) is 5.54. The maximum Gasteiger partial charge on any atom is 0.304 e. The number of nitrogens with zero attached hydrogens (tertiary/aromatic N) is 2. The van der Waals surface area contributed by atoms with Crippen LogP contribution < -0.4 is 10.2 Å². The Labute approximate surface area is 114 Å². The fourth-order valence-electron chi connectivity index (χ4n) is 1.92. The molecule has 0 radical (unpaired) electrons. The molecule has 2 heterocycles. The highest BCUT2D eigenvalue weighted by molar-refractivity contribution is 7.16. The number of thiophene rings is 1. The Hall–Kier alpha value is -1.67. The smallest absolute Gasteiger partial charge is 0.304 e. The van der Waals surface area contributed by atoms with E-state index in [2.05, 4.69) is 5.32 Å². The number of carbonyl (C=O) groups excluding carboxylic acids is 1. The first-order valence-corrected chi connectivity index (χ1v) is 6.78. The van der Waals surface area contributed by atoms with Gasteiger partial charge in [-0.3, -0.25) is 14.9 Å². The third-order valence-corrected chi connectivity index (χ3v) is 4.28. The van der Waals surface area contributed by atoms with E-state index in [0.29, 0.717) is 35.9 Å². The average molecular weight is 285 g/mol. The van der Waals surface area contributed by atoms with Crippen LogP contribution in [0.3, 0.4) is 0 Å². The van der Waals surface area contributed by atoms with Gasteiger partial charge in [0.1, 0.15) is 0 Å². The van der Waals surface area contributed by atoms with Crippen molar-refractivity contribution in [3.63, 3.8) is 0 Å². The fraction of sp³-hybridized carbons (Fsp3) is 0.545. The number of nitro groups is 1. The van der Waals surface area contributed by atoms with Crippen LogP contribution in [0.15, 0.2) is 6.07 Å². The first-order valence-electron chi connectivity index (χ1n) is 5.97. The minimum Gasteiger partial charge on any atom is -0.388 e. The van der Waals surface area contributed by atoms with Crippen LogP contribution >= 0.6 is 11.3 Å². The van der Waals surface area contributed by atoms with Crippen LogP contribution in [0.25, 0.3) is 0 Å². The normalized spacial score (nSPS) is 17.8. The van der Waals surface area contributed by atoms with Crippen molar-refractivity contribution in [1.82, 2.24) is 5.32 Å². The number of aliphatic hydroxyl groups excluding tert-OH is 1. The molecule has 1 aliphatic heterocycles. The zero-order valence-corrected chi connectivity index (χ0v) is 11.3. The van der Waals surface area contributed by atoms with E-state index in [-0.39, 0.29) is 11.6 Å². The first kappa shape index (κ1) is 13.8. The summed E-state index contributed by atoms with van der Waals surface area (Å²) in [6.45, 7) is 3.03. The molecule has 0 aromatic carbocycles. The topological polar surface area (TPSA) is 95.7 Å². The van der Waals surface area contributed by atoms with Crippen molar-refractivity contribution in [3.05, 3.63) is 21.1 Å². The Morgan fingerprint density at radius 2 is 2.32 bits per heavy atom. The summed E-state index contributed by atoms with van der Waals surface area (Å²) in [6, 6.07) is 1.41. The van der Waals surface area contributed by atoms with Gasteiger partial charge in [0, 0.05) is 37.0 Å². The van der Waals surface area contributed by atoms with Crippen molar-refractivity contribution in [3.8, 4) is 0 Å². The summed E-state index contributed by atoms with van der Waals surface area (Å²) in [5.74, 6) is -0.0440. The van der Waals surface area contributed by atoms with E-state index >= 15 is 0 Å². The van der Waals surface area contributed by atoms with Crippen LogP contribution in [-0.4, -0.2) is 35.6 Å². The number of rotatable bonds is 3. The molecule has 2 rings (SSSR count). The summed E-state index contributed by atoms with van der Waals surface area (Å²) in [7, 11) is 0. The monoisotopic (exact) mass is 285 g/mol. The summed E-state index contributed by atoms with van der Waals surface area (Å²) < 4.78 is 0. The number of nitrogens with one attached hydrogen (secondary N) is 1. The molecule has 0 bridgehead atoms. The molecule has 1 aromatic rings. The molecule has 7 nitrogen and oxygen atoms in total. The van der Waals surface area contributed by atoms with Gasteiger partial charge >= 0.3 is 5.69 Å². The highest BCUT2D eigenvalue weighted by Crippen LogP contribution is 2.40. The van der Waals surface area contributed by atoms with Crippen molar-refractivity contribution in [2.24, 2.45) is 0 Å². The van der Waals surface area contributed by atoms with Crippen LogP contribution in [0.2, 0.25) is 0 Å². The van der Waals surface area contributed by atoms with Gasteiger partial charge in [0.2, 0.25) is 5.91 Å². The number of hydrogen-bond acceptors (Lipinski definition) is 6. The Balaban J connectivity index is 2.31. The predicted octanol–water partition coefficient (Wildman–Crippen LogP) is 1.04. The van der Waals surface area contributed by atoms with E-state index in [4.69, 9.17) is 0 Å². The summed E-state index contributed by atoms with van der Waals surface area (Å²) in [4.78, 5) is 24.3. The SMILES string of the molecule is C[C@H](O)c1cc([N+](=O)[O-])c(N2CCNC(=O)CC2)s1. The zero-order valence-electron chi connectivity index (χ0n) is 10.5. The predicted molar refractivity (Wildman–Crippen MR) is 71.4 cm³/mol. The van der Waals surface area contributed by atoms with Crippen LogP contribution in [-0.2, 0) is 4.79 Å². The van der Waals surface area contributed by atoms with Crippen LogP contribution in [0.1, 0.15) is 24.3 Å². The highest BCUT2D eigenvalue weighted by Gasteiger charge is 2.26. The highest BCUT2D eigenvalue weighted by atomic mass is 32.1. The first-order chi connectivity index (χ1) is 8.99. The molecule has 1 amide bonds. The molecule has 1 fully saturated rings. The van der Waals surface area contributed by atoms with Crippen LogP contribution in [0.4, 0.5) is 10.7 Å². The average Bonchev–Trinajstić information content (AvgIpc) is 2.68. The lowest BCUT2D eigenvalue weighted by atomic mass is 10.3. The maximum atomic E-state index is 11.3. The number of aliphatic hydroxyl groups is 1. The second-order valence-corrected chi connectivity index (χ2v) is 5.42. The molecule has 19 heavy (non-hydrogen) atoms.